The summed E-state index contributed by atoms with van der Waals surface area (Å²) >= 11 is 0. The highest BCUT2D eigenvalue weighted by atomic mass is 16.4. The van der Waals surface area contributed by atoms with Crippen molar-refractivity contribution in [3.63, 3.8) is 0 Å². The van der Waals surface area contributed by atoms with Gasteiger partial charge >= 0.3 is 11.9 Å². The third-order valence-corrected chi connectivity index (χ3v) is 6.08. The molecule has 5 unspecified atom stereocenters. The predicted octanol–water partition coefficient (Wildman–Crippen LogP) is 0.368. The lowest BCUT2D eigenvalue weighted by molar-refractivity contribution is -0.143. The van der Waals surface area contributed by atoms with Crippen LogP contribution in [0.4, 0.5) is 0 Å². The maximum atomic E-state index is 13.1. The van der Waals surface area contributed by atoms with E-state index >= 15 is 0 Å². The van der Waals surface area contributed by atoms with Crippen LogP contribution >= 0.6 is 0 Å². The van der Waals surface area contributed by atoms with Crippen molar-refractivity contribution in [1.29, 1.82) is 0 Å². The van der Waals surface area contributed by atoms with Gasteiger partial charge in [-0.2, -0.15) is 0 Å². The molecular weight excluding hydrogens is 484 g/mol. The second kappa shape index (κ2) is 14.8. The van der Waals surface area contributed by atoms with Gasteiger partial charge in [0.1, 0.15) is 23.9 Å². The number of phenols is 1. The van der Waals surface area contributed by atoms with Gasteiger partial charge in [-0.05, 0) is 36.0 Å². The van der Waals surface area contributed by atoms with Gasteiger partial charge < -0.3 is 37.0 Å². The zero-order chi connectivity index (χ0) is 28.3. The molecule has 1 aromatic rings. The van der Waals surface area contributed by atoms with Crippen LogP contribution < -0.4 is 21.7 Å². The maximum absolute atomic E-state index is 13.1. The van der Waals surface area contributed by atoms with Crippen molar-refractivity contribution >= 4 is 29.7 Å². The highest BCUT2D eigenvalue weighted by molar-refractivity contribution is 5.94. The molecule has 12 heteroatoms. The molecule has 0 aromatic heterocycles. The third kappa shape index (κ3) is 10.5. The van der Waals surface area contributed by atoms with Gasteiger partial charge in [0, 0.05) is 12.8 Å². The molecule has 3 amide bonds. The minimum absolute atomic E-state index is 0.00647. The molecule has 0 aliphatic rings. The molecule has 0 aliphatic carbocycles. The summed E-state index contributed by atoms with van der Waals surface area (Å²) in [5.41, 5.74) is 6.49. The van der Waals surface area contributed by atoms with Crippen LogP contribution in [0.15, 0.2) is 24.3 Å². The van der Waals surface area contributed by atoms with Gasteiger partial charge in [0.25, 0.3) is 0 Å². The van der Waals surface area contributed by atoms with Crippen LogP contribution in [0.5, 0.6) is 5.75 Å². The average Bonchev–Trinajstić information content (AvgIpc) is 2.83. The molecular formula is C25H38N4O8. The number of nitrogens with one attached hydrogen (secondary N) is 3. The van der Waals surface area contributed by atoms with E-state index in [0.29, 0.717) is 12.0 Å². The highest BCUT2D eigenvalue weighted by Gasteiger charge is 2.32. The monoisotopic (exact) mass is 522 g/mol. The fourth-order valence-corrected chi connectivity index (χ4v) is 3.44. The van der Waals surface area contributed by atoms with Crippen molar-refractivity contribution in [3.05, 3.63) is 29.8 Å². The number of hydrogen-bond acceptors (Lipinski definition) is 7. The van der Waals surface area contributed by atoms with Gasteiger partial charge in [0.05, 0.1) is 6.04 Å². The topological polar surface area (TPSA) is 208 Å². The lowest BCUT2D eigenvalue weighted by Crippen LogP contribution is -2.59. The van der Waals surface area contributed by atoms with Crippen LogP contribution in [0.3, 0.4) is 0 Å². The Hall–Kier alpha value is -3.67. The van der Waals surface area contributed by atoms with Crippen LogP contribution in [0.1, 0.15) is 52.5 Å². The van der Waals surface area contributed by atoms with Crippen LogP contribution in [0.2, 0.25) is 0 Å². The number of hydrogen-bond donors (Lipinski definition) is 7. The standard InChI is InChI=1S/C25H38N4O8/c1-5-14(4)20(26)23(34)29-21(13(2)3)24(35)27-17(10-11-19(31)32)22(33)28-18(25(36)37)12-15-6-8-16(30)9-7-15/h6-9,13-14,17-18,20-21,30H,5,10-12,26H2,1-4H3,(H,27,35)(H,28,33)(H,29,34)(H,31,32)(H,36,37). The van der Waals surface area contributed by atoms with E-state index in [4.69, 9.17) is 10.8 Å². The number of aromatic hydroxyl groups is 1. The van der Waals surface area contributed by atoms with E-state index in [-0.39, 0.29) is 24.5 Å². The molecule has 206 valence electrons. The fourth-order valence-electron chi connectivity index (χ4n) is 3.44. The quantitative estimate of drug-likeness (QED) is 0.169. The number of benzene rings is 1. The van der Waals surface area contributed by atoms with Crippen molar-refractivity contribution in [2.75, 3.05) is 0 Å². The Morgan fingerprint density at radius 3 is 1.92 bits per heavy atom. The minimum Gasteiger partial charge on any atom is -0.508 e. The molecule has 0 radical (unpaired) electrons. The maximum Gasteiger partial charge on any atom is 0.326 e. The number of phenolic OH excluding ortho intramolecular Hbond substituents is 1. The highest BCUT2D eigenvalue weighted by Crippen LogP contribution is 2.13. The first kappa shape index (κ1) is 31.4. The molecule has 0 bridgehead atoms. The van der Waals surface area contributed by atoms with Crippen molar-refractivity contribution < 1.29 is 39.3 Å². The van der Waals surface area contributed by atoms with Crippen LogP contribution in [0.25, 0.3) is 0 Å². The SMILES string of the molecule is CCC(C)C(N)C(=O)NC(C(=O)NC(CCC(=O)O)C(=O)NC(Cc1ccc(O)cc1)C(=O)O)C(C)C. The summed E-state index contributed by atoms with van der Waals surface area (Å²) in [6.07, 6.45) is -0.228. The zero-order valence-electron chi connectivity index (χ0n) is 21.6. The van der Waals surface area contributed by atoms with Crippen LogP contribution in [-0.4, -0.2) is 69.1 Å². The summed E-state index contributed by atoms with van der Waals surface area (Å²) in [4.78, 5) is 61.5. The fraction of sp³-hybridized carbons (Fsp3) is 0.560. The molecule has 0 aliphatic heterocycles. The van der Waals surface area contributed by atoms with Crippen LogP contribution in [-0.2, 0) is 30.4 Å². The van der Waals surface area contributed by atoms with E-state index in [1.54, 1.807) is 20.8 Å². The van der Waals surface area contributed by atoms with Gasteiger partial charge in [-0.1, -0.05) is 46.2 Å². The van der Waals surface area contributed by atoms with Gasteiger partial charge in [-0.3, -0.25) is 19.2 Å². The lowest BCUT2D eigenvalue weighted by atomic mass is 9.97. The second-order valence-electron chi connectivity index (χ2n) is 9.41. The summed E-state index contributed by atoms with van der Waals surface area (Å²) in [7, 11) is 0. The zero-order valence-corrected chi connectivity index (χ0v) is 21.6. The third-order valence-electron chi connectivity index (χ3n) is 6.08. The van der Waals surface area contributed by atoms with Crippen molar-refractivity contribution in [2.24, 2.45) is 17.6 Å². The first-order valence-electron chi connectivity index (χ1n) is 12.2. The van der Waals surface area contributed by atoms with E-state index in [9.17, 15) is 34.2 Å². The summed E-state index contributed by atoms with van der Waals surface area (Å²) in [5, 5.41) is 35.5. The van der Waals surface area contributed by atoms with E-state index in [1.807, 2.05) is 6.92 Å². The first-order valence-corrected chi connectivity index (χ1v) is 12.2. The molecule has 0 heterocycles. The number of carbonyl (C=O) groups excluding carboxylic acids is 3. The van der Waals surface area contributed by atoms with Crippen LogP contribution in [0, 0.1) is 11.8 Å². The molecule has 0 saturated heterocycles. The number of rotatable bonds is 15. The molecule has 0 spiro atoms. The Bertz CT molecular complexity index is 951. The van der Waals surface area contributed by atoms with Gasteiger partial charge in [-0.25, -0.2) is 4.79 Å². The van der Waals surface area contributed by atoms with Gasteiger partial charge in [-0.15, -0.1) is 0 Å². The van der Waals surface area contributed by atoms with Gasteiger partial charge in [0.2, 0.25) is 17.7 Å². The summed E-state index contributed by atoms with van der Waals surface area (Å²) < 4.78 is 0. The normalized spacial score (nSPS) is 15.1. The first-order chi connectivity index (χ1) is 17.3. The molecule has 0 saturated carbocycles. The van der Waals surface area contributed by atoms with E-state index in [0.717, 1.165) is 0 Å². The average molecular weight is 523 g/mol. The number of aliphatic carboxylic acids is 2. The molecule has 1 aromatic carbocycles. The van der Waals surface area contributed by atoms with Crippen molar-refractivity contribution in [3.8, 4) is 5.75 Å². The largest absolute Gasteiger partial charge is 0.508 e. The Labute approximate surface area is 216 Å². The Kier molecular flexibility index (Phi) is 12.5. The second-order valence-corrected chi connectivity index (χ2v) is 9.41. The summed E-state index contributed by atoms with van der Waals surface area (Å²) in [6.45, 7) is 7.05. The summed E-state index contributed by atoms with van der Waals surface area (Å²) in [5.74, 6) is -5.22. The summed E-state index contributed by atoms with van der Waals surface area (Å²) in [6, 6.07) is 1.10. The molecule has 0 fully saturated rings. The molecule has 37 heavy (non-hydrogen) atoms. The van der Waals surface area contributed by atoms with Crippen molar-refractivity contribution in [2.45, 2.75) is 77.5 Å². The number of carboxylic acid groups (broad SMARTS) is 2. The van der Waals surface area contributed by atoms with E-state index in [2.05, 4.69) is 16.0 Å². The minimum atomic E-state index is -1.38. The molecule has 1 rings (SSSR count). The molecule has 8 N–H and O–H groups in total. The predicted molar refractivity (Wildman–Crippen MR) is 134 cm³/mol. The Morgan fingerprint density at radius 1 is 0.865 bits per heavy atom. The van der Waals surface area contributed by atoms with E-state index in [1.165, 1.54) is 24.3 Å². The number of carbonyl (C=O) groups is 5. The molecule has 12 nitrogen and oxygen atoms in total. The lowest BCUT2D eigenvalue weighted by Gasteiger charge is -2.27. The van der Waals surface area contributed by atoms with Crippen molar-refractivity contribution in [1.82, 2.24) is 16.0 Å². The number of amides is 3. The number of carboxylic acids is 2. The van der Waals surface area contributed by atoms with Gasteiger partial charge in [0.15, 0.2) is 0 Å². The Morgan fingerprint density at radius 2 is 1.43 bits per heavy atom. The smallest absolute Gasteiger partial charge is 0.326 e. The van der Waals surface area contributed by atoms with E-state index < -0.39 is 66.2 Å². The Balaban J connectivity index is 3.04. The number of nitrogens with two attached hydrogens (primary N) is 1. The molecule has 5 atom stereocenters.